The van der Waals surface area contributed by atoms with E-state index in [0.717, 1.165) is 57.1 Å². The third kappa shape index (κ3) is 20.5. The van der Waals surface area contributed by atoms with Gasteiger partial charge in [-0.1, -0.05) is 86.8 Å². The van der Waals surface area contributed by atoms with E-state index in [0.29, 0.717) is 38.3 Å². The molecule has 0 aliphatic rings. The van der Waals surface area contributed by atoms with Gasteiger partial charge in [0.15, 0.2) is 0 Å². The monoisotopic (exact) mass is 547 g/mol. The number of nitrogens with one attached hydrogen (secondary N) is 2. The molecule has 0 bridgehead atoms. The minimum Gasteiger partial charge on any atom is -0.378 e. The van der Waals surface area contributed by atoms with E-state index in [-0.39, 0.29) is 11.8 Å². The molecule has 6 nitrogen and oxygen atoms in total. The Balaban J connectivity index is 1.93. The zero-order valence-electron chi connectivity index (χ0n) is 24.5. The van der Waals surface area contributed by atoms with Gasteiger partial charge < -0.3 is 15.4 Å². The Morgan fingerprint density at radius 1 is 0.725 bits per heavy atom. The van der Waals surface area contributed by atoms with Gasteiger partial charge in [0.1, 0.15) is 0 Å². The number of amides is 2. The second-order valence-electron chi connectivity index (χ2n) is 9.06. The van der Waals surface area contributed by atoms with E-state index < -0.39 is 0 Å². The van der Waals surface area contributed by atoms with Crippen LogP contribution >= 0.6 is 0 Å². The van der Waals surface area contributed by atoms with E-state index in [1.54, 1.807) is 12.3 Å². The fourth-order valence-corrected chi connectivity index (χ4v) is 3.41. The molecule has 218 valence electrons. The van der Waals surface area contributed by atoms with Crippen molar-refractivity contribution in [3.63, 3.8) is 0 Å². The highest BCUT2D eigenvalue weighted by Crippen LogP contribution is 2.01. The zero-order valence-corrected chi connectivity index (χ0v) is 24.5. The number of aromatic nitrogens is 1. The van der Waals surface area contributed by atoms with Crippen molar-refractivity contribution in [2.75, 3.05) is 26.3 Å². The maximum Gasteiger partial charge on any atom is 0.252 e. The van der Waals surface area contributed by atoms with Gasteiger partial charge in [0, 0.05) is 31.4 Å². The van der Waals surface area contributed by atoms with Gasteiger partial charge in [0.05, 0.1) is 18.8 Å². The van der Waals surface area contributed by atoms with Crippen LogP contribution in [0.2, 0.25) is 0 Å². The summed E-state index contributed by atoms with van der Waals surface area (Å²) in [7, 11) is 0. The predicted molar refractivity (Wildman–Crippen MR) is 167 cm³/mol. The molecular formula is C34H49N3O3. The molecule has 1 heterocycles. The number of ether oxygens (including phenoxy) is 1. The summed E-state index contributed by atoms with van der Waals surface area (Å²) >= 11 is 0. The lowest BCUT2D eigenvalue weighted by molar-refractivity contribution is -0.121. The Hall–Kier alpha value is -3.51. The zero-order chi connectivity index (χ0) is 28.9. The van der Waals surface area contributed by atoms with Crippen LogP contribution in [-0.2, 0) is 16.0 Å². The van der Waals surface area contributed by atoms with E-state index in [1.165, 1.54) is 0 Å². The lowest BCUT2D eigenvalue weighted by atomic mass is 10.2. The van der Waals surface area contributed by atoms with Crippen LogP contribution in [-0.4, -0.2) is 43.1 Å². The highest BCUT2D eigenvalue weighted by Gasteiger charge is 2.05. The van der Waals surface area contributed by atoms with Crippen LogP contribution < -0.4 is 10.6 Å². The quantitative estimate of drug-likeness (QED) is 0.121. The first-order chi connectivity index (χ1) is 19.7. The number of hydrogen-bond acceptors (Lipinski definition) is 4. The topological polar surface area (TPSA) is 80.3 Å². The molecule has 0 saturated heterocycles. The van der Waals surface area contributed by atoms with Gasteiger partial charge in [-0.15, -0.1) is 0 Å². The van der Waals surface area contributed by atoms with Gasteiger partial charge in [0.2, 0.25) is 5.91 Å². The predicted octanol–water partition coefficient (Wildman–Crippen LogP) is 6.98. The average Bonchev–Trinajstić information content (AvgIpc) is 2.97. The highest BCUT2D eigenvalue weighted by atomic mass is 16.5. The van der Waals surface area contributed by atoms with Gasteiger partial charge in [-0.3, -0.25) is 14.6 Å². The van der Waals surface area contributed by atoms with Crippen molar-refractivity contribution >= 4 is 11.8 Å². The molecule has 0 atom stereocenters. The molecule has 1 aromatic rings. The number of pyridine rings is 1. The molecule has 1 rings (SSSR count). The molecule has 1 aromatic heterocycles. The number of nitrogens with zero attached hydrogens (tertiary/aromatic N) is 1. The summed E-state index contributed by atoms with van der Waals surface area (Å²) in [5.41, 5.74) is 1.50. The summed E-state index contributed by atoms with van der Waals surface area (Å²) in [6.07, 6.45) is 35.5. The number of allylic oxidation sites excluding steroid dienone is 12. The van der Waals surface area contributed by atoms with E-state index in [9.17, 15) is 9.59 Å². The molecule has 40 heavy (non-hydrogen) atoms. The summed E-state index contributed by atoms with van der Waals surface area (Å²) < 4.78 is 5.47. The Kier molecular flexibility index (Phi) is 22.2. The maximum absolute atomic E-state index is 12.0. The lowest BCUT2D eigenvalue weighted by Gasteiger charge is -2.07. The molecule has 0 radical (unpaired) electrons. The first-order valence-electron chi connectivity index (χ1n) is 14.6. The van der Waals surface area contributed by atoms with Gasteiger partial charge in [-0.25, -0.2) is 0 Å². The molecule has 2 N–H and O–H groups in total. The number of carbonyl (C=O) groups is 2. The number of rotatable bonds is 22. The van der Waals surface area contributed by atoms with Gasteiger partial charge >= 0.3 is 0 Å². The van der Waals surface area contributed by atoms with Crippen molar-refractivity contribution in [2.45, 2.75) is 71.6 Å². The SMILES string of the molecule is CC/C=C\C/C=C\C/C=C\C/C=C\C/C=C\C/C=C\CCC(=O)NCCOCCNC(=O)c1ccc(CC)nc1. The summed E-state index contributed by atoms with van der Waals surface area (Å²) in [5.74, 6) is -0.152. The van der Waals surface area contributed by atoms with Crippen molar-refractivity contribution in [1.29, 1.82) is 0 Å². The lowest BCUT2D eigenvalue weighted by Crippen LogP contribution is -2.30. The van der Waals surface area contributed by atoms with E-state index >= 15 is 0 Å². The van der Waals surface area contributed by atoms with Crippen molar-refractivity contribution in [1.82, 2.24) is 15.6 Å². The maximum atomic E-state index is 12.0. The molecule has 6 heteroatoms. The van der Waals surface area contributed by atoms with Crippen LogP contribution in [0.1, 0.15) is 81.3 Å². The molecule has 0 fully saturated rings. The highest BCUT2D eigenvalue weighted by molar-refractivity contribution is 5.93. The molecule has 0 aliphatic heterocycles. The number of carbonyl (C=O) groups excluding carboxylic acids is 2. The molecule has 0 unspecified atom stereocenters. The van der Waals surface area contributed by atoms with Crippen LogP contribution in [0, 0.1) is 0 Å². The molecular weight excluding hydrogens is 498 g/mol. The summed E-state index contributed by atoms with van der Waals surface area (Å²) in [5, 5.41) is 5.65. The Morgan fingerprint density at radius 3 is 1.75 bits per heavy atom. The van der Waals surface area contributed by atoms with Crippen LogP contribution in [0.25, 0.3) is 0 Å². The van der Waals surface area contributed by atoms with Crippen molar-refractivity contribution < 1.29 is 14.3 Å². The fraction of sp³-hybridized carbons (Fsp3) is 0.441. The number of aryl methyl sites for hydroxylation is 1. The van der Waals surface area contributed by atoms with E-state index in [1.807, 2.05) is 19.1 Å². The summed E-state index contributed by atoms with van der Waals surface area (Å²) in [6, 6.07) is 3.63. The average molecular weight is 548 g/mol. The van der Waals surface area contributed by atoms with Gasteiger partial charge in [-0.2, -0.15) is 0 Å². The largest absolute Gasteiger partial charge is 0.378 e. The summed E-state index contributed by atoms with van der Waals surface area (Å²) in [4.78, 5) is 28.2. The minimum atomic E-state index is -0.165. The third-order valence-corrected chi connectivity index (χ3v) is 5.68. The summed E-state index contributed by atoms with van der Waals surface area (Å²) in [6.45, 7) is 5.84. The second-order valence-corrected chi connectivity index (χ2v) is 9.06. The molecule has 0 spiro atoms. The third-order valence-electron chi connectivity index (χ3n) is 5.68. The van der Waals surface area contributed by atoms with Crippen molar-refractivity contribution in [2.24, 2.45) is 0 Å². The molecule has 2 amide bonds. The van der Waals surface area contributed by atoms with Crippen LogP contribution in [0.4, 0.5) is 0 Å². The first-order valence-corrected chi connectivity index (χ1v) is 14.6. The van der Waals surface area contributed by atoms with Gasteiger partial charge in [-0.05, 0) is 63.5 Å². The Labute approximate surface area is 242 Å². The van der Waals surface area contributed by atoms with Crippen molar-refractivity contribution in [3.8, 4) is 0 Å². The normalized spacial score (nSPS) is 12.2. The second kappa shape index (κ2) is 25.8. The number of hydrogen-bond donors (Lipinski definition) is 2. The van der Waals surface area contributed by atoms with E-state index in [4.69, 9.17) is 4.74 Å². The van der Waals surface area contributed by atoms with Gasteiger partial charge in [0.25, 0.3) is 5.91 Å². The smallest absolute Gasteiger partial charge is 0.252 e. The van der Waals surface area contributed by atoms with Crippen LogP contribution in [0.5, 0.6) is 0 Å². The first kappa shape index (κ1) is 34.5. The van der Waals surface area contributed by atoms with E-state index in [2.05, 4.69) is 89.4 Å². The molecule has 0 aliphatic carbocycles. The fourth-order valence-electron chi connectivity index (χ4n) is 3.41. The van der Waals surface area contributed by atoms with Crippen LogP contribution in [0.3, 0.4) is 0 Å². The molecule has 0 aromatic carbocycles. The minimum absolute atomic E-state index is 0.0134. The Bertz CT molecular complexity index is 973. The van der Waals surface area contributed by atoms with Crippen molar-refractivity contribution in [3.05, 3.63) is 102 Å². The molecule has 0 saturated carbocycles. The Morgan fingerprint density at radius 2 is 1.25 bits per heavy atom. The standard InChI is InChI=1S/C34H49N3O3/c1-3-5-6-7-8-9-10-11-12-13-14-15-16-17-18-19-20-21-22-23-33(38)35-26-28-40-29-27-36-34(39)31-24-25-32(4-2)37-30-31/h5-6,8-9,11-12,14-15,17-18,20-21,24-25,30H,3-4,7,10,13,16,19,22-23,26-29H2,1-2H3,(H,35,38)(H,36,39)/b6-5-,9-8-,12-11-,15-14-,18-17-,21-20-. The van der Waals surface area contributed by atoms with Crippen LogP contribution in [0.15, 0.2) is 91.2 Å².